The van der Waals surface area contributed by atoms with Crippen molar-refractivity contribution in [1.82, 2.24) is 9.78 Å². The molecule has 0 unspecified atom stereocenters. The lowest BCUT2D eigenvalue weighted by Crippen LogP contribution is -2.17. The van der Waals surface area contributed by atoms with Crippen LogP contribution in [0.4, 0.5) is 5.82 Å². The summed E-state index contributed by atoms with van der Waals surface area (Å²) in [5.74, 6) is 1.70. The zero-order chi connectivity index (χ0) is 19.1. The van der Waals surface area contributed by atoms with Gasteiger partial charge in [0.25, 0.3) is 0 Å². The van der Waals surface area contributed by atoms with Gasteiger partial charge < -0.3 is 10.1 Å². The van der Waals surface area contributed by atoms with Gasteiger partial charge in [-0.15, -0.1) is 11.8 Å². The normalized spacial score (nSPS) is 10.6. The number of ether oxygens (including phenoxy) is 1. The number of carbonyl (C=O) groups is 1. The van der Waals surface area contributed by atoms with Gasteiger partial charge in [-0.1, -0.05) is 29.8 Å². The van der Waals surface area contributed by atoms with Crippen LogP contribution in [-0.4, -0.2) is 28.0 Å². The molecule has 0 spiro atoms. The highest BCUT2D eigenvalue weighted by Crippen LogP contribution is 2.22. The van der Waals surface area contributed by atoms with Crippen LogP contribution in [0, 0.1) is 0 Å². The Morgan fingerprint density at radius 1 is 1.19 bits per heavy atom. The van der Waals surface area contributed by atoms with E-state index in [2.05, 4.69) is 10.4 Å². The van der Waals surface area contributed by atoms with Crippen LogP contribution in [0.5, 0.6) is 5.75 Å². The minimum atomic E-state index is -0.0882. The molecule has 1 heterocycles. The second-order valence-corrected chi connectivity index (χ2v) is 7.16. The number of halogens is 1. The Morgan fingerprint density at radius 2 is 1.96 bits per heavy atom. The van der Waals surface area contributed by atoms with E-state index in [1.165, 1.54) is 11.8 Å². The first-order valence-electron chi connectivity index (χ1n) is 8.56. The number of thioether (sulfide) groups is 1. The van der Waals surface area contributed by atoms with Gasteiger partial charge in [-0.3, -0.25) is 4.79 Å². The van der Waals surface area contributed by atoms with Crippen LogP contribution in [0.2, 0.25) is 5.02 Å². The van der Waals surface area contributed by atoms with Crippen LogP contribution >= 0.6 is 23.4 Å². The van der Waals surface area contributed by atoms with E-state index < -0.39 is 0 Å². The van der Waals surface area contributed by atoms with E-state index >= 15 is 0 Å². The molecule has 1 amide bonds. The van der Waals surface area contributed by atoms with Crippen molar-refractivity contribution in [3.8, 4) is 5.75 Å². The average Bonchev–Trinajstić information content (AvgIpc) is 3.10. The lowest BCUT2D eigenvalue weighted by molar-refractivity contribution is -0.113. The number of hydrogen-bond donors (Lipinski definition) is 1. The number of anilines is 1. The molecule has 0 atom stereocenters. The number of benzene rings is 2. The molecule has 1 aromatic heterocycles. The van der Waals surface area contributed by atoms with E-state index in [0.717, 1.165) is 16.2 Å². The lowest BCUT2D eigenvalue weighted by Gasteiger charge is -2.10. The topological polar surface area (TPSA) is 56.1 Å². The van der Waals surface area contributed by atoms with Crippen LogP contribution in [0.1, 0.15) is 12.5 Å². The van der Waals surface area contributed by atoms with Crippen molar-refractivity contribution in [3.05, 3.63) is 71.4 Å². The van der Waals surface area contributed by atoms with Crippen LogP contribution in [-0.2, 0) is 11.3 Å². The van der Waals surface area contributed by atoms with E-state index in [0.29, 0.717) is 29.7 Å². The number of amides is 1. The van der Waals surface area contributed by atoms with Crippen LogP contribution in [0.3, 0.4) is 0 Å². The van der Waals surface area contributed by atoms with Gasteiger partial charge in [0.1, 0.15) is 11.6 Å². The summed E-state index contributed by atoms with van der Waals surface area (Å²) >= 11 is 7.68. The molecule has 3 rings (SSSR count). The zero-order valence-electron chi connectivity index (χ0n) is 14.9. The van der Waals surface area contributed by atoms with Crippen molar-refractivity contribution in [2.24, 2.45) is 0 Å². The Bertz CT molecular complexity index is 896. The summed E-state index contributed by atoms with van der Waals surface area (Å²) in [6, 6.07) is 17.1. The standard InChI is InChI=1S/C20H20ClN3O2S/c1-2-26-16-7-9-17(10-8-16)27-14-20(25)23-19-11-12-22-24(19)13-15-5-3-4-6-18(15)21/h3-12H,2,13-14H2,1H3,(H,23,25). The highest BCUT2D eigenvalue weighted by atomic mass is 35.5. The maximum atomic E-state index is 12.3. The maximum Gasteiger partial charge on any atom is 0.235 e. The first-order chi connectivity index (χ1) is 13.2. The Labute approximate surface area is 167 Å². The molecule has 3 aromatic rings. The van der Waals surface area contributed by atoms with Crippen molar-refractivity contribution in [2.75, 3.05) is 17.7 Å². The van der Waals surface area contributed by atoms with E-state index in [9.17, 15) is 4.79 Å². The van der Waals surface area contributed by atoms with E-state index in [1.807, 2.05) is 55.5 Å². The lowest BCUT2D eigenvalue weighted by atomic mass is 10.2. The fraction of sp³-hybridized carbons (Fsp3) is 0.200. The van der Waals surface area contributed by atoms with Gasteiger partial charge in [0.2, 0.25) is 5.91 Å². The fourth-order valence-electron chi connectivity index (χ4n) is 2.48. The maximum absolute atomic E-state index is 12.3. The van der Waals surface area contributed by atoms with Gasteiger partial charge >= 0.3 is 0 Å². The summed E-state index contributed by atoms with van der Waals surface area (Å²) in [7, 11) is 0. The molecule has 2 aromatic carbocycles. The molecular weight excluding hydrogens is 382 g/mol. The highest BCUT2D eigenvalue weighted by Gasteiger charge is 2.10. The second kappa shape index (κ2) is 9.48. The molecule has 0 bridgehead atoms. The van der Waals surface area contributed by atoms with E-state index in [4.69, 9.17) is 16.3 Å². The van der Waals surface area contributed by atoms with Crippen molar-refractivity contribution in [1.29, 1.82) is 0 Å². The zero-order valence-corrected chi connectivity index (χ0v) is 16.5. The summed E-state index contributed by atoms with van der Waals surface area (Å²) in [5.41, 5.74) is 0.946. The number of aromatic nitrogens is 2. The Balaban J connectivity index is 1.55. The third kappa shape index (κ3) is 5.52. The first kappa shape index (κ1) is 19.3. The molecule has 5 nitrogen and oxygen atoms in total. The summed E-state index contributed by atoms with van der Waals surface area (Å²) in [6.45, 7) is 3.08. The van der Waals surface area contributed by atoms with Gasteiger partial charge in [-0.2, -0.15) is 5.10 Å². The third-order valence-electron chi connectivity index (χ3n) is 3.77. The van der Waals surface area contributed by atoms with Gasteiger partial charge in [0.05, 0.1) is 25.1 Å². The molecule has 0 fully saturated rings. The molecule has 0 aliphatic heterocycles. The Morgan fingerprint density at radius 3 is 2.70 bits per heavy atom. The van der Waals surface area contributed by atoms with Gasteiger partial charge in [-0.25, -0.2) is 4.68 Å². The summed E-state index contributed by atoms with van der Waals surface area (Å²) in [4.78, 5) is 13.3. The quantitative estimate of drug-likeness (QED) is 0.555. The minimum Gasteiger partial charge on any atom is -0.494 e. The monoisotopic (exact) mass is 401 g/mol. The van der Waals surface area contributed by atoms with Crippen molar-refractivity contribution in [2.45, 2.75) is 18.4 Å². The smallest absolute Gasteiger partial charge is 0.235 e. The number of carbonyl (C=O) groups excluding carboxylic acids is 1. The van der Waals surface area contributed by atoms with Gasteiger partial charge in [0, 0.05) is 16.0 Å². The predicted octanol–water partition coefficient (Wildman–Crippen LogP) is 4.71. The van der Waals surface area contributed by atoms with Crippen molar-refractivity contribution >= 4 is 35.1 Å². The number of rotatable bonds is 8. The molecule has 0 aliphatic carbocycles. The van der Waals surface area contributed by atoms with Gasteiger partial charge in [0.15, 0.2) is 0 Å². The molecular formula is C20H20ClN3O2S. The summed E-state index contributed by atoms with van der Waals surface area (Å²) in [6.07, 6.45) is 1.66. The molecule has 0 radical (unpaired) electrons. The highest BCUT2D eigenvalue weighted by molar-refractivity contribution is 8.00. The number of nitrogens with zero attached hydrogens (tertiary/aromatic N) is 2. The molecule has 0 saturated carbocycles. The summed E-state index contributed by atoms with van der Waals surface area (Å²) < 4.78 is 7.14. The van der Waals surface area contributed by atoms with E-state index in [1.54, 1.807) is 16.9 Å². The molecule has 1 N–H and O–H groups in total. The van der Waals surface area contributed by atoms with Crippen LogP contribution < -0.4 is 10.1 Å². The average molecular weight is 402 g/mol. The first-order valence-corrected chi connectivity index (χ1v) is 9.93. The number of hydrogen-bond acceptors (Lipinski definition) is 4. The SMILES string of the molecule is CCOc1ccc(SCC(=O)Nc2ccnn2Cc2ccccc2Cl)cc1. The Kier molecular flexibility index (Phi) is 6.79. The molecule has 140 valence electrons. The number of nitrogens with one attached hydrogen (secondary N) is 1. The summed E-state index contributed by atoms with van der Waals surface area (Å²) in [5, 5.41) is 7.86. The fourth-order valence-corrected chi connectivity index (χ4v) is 3.37. The van der Waals surface area contributed by atoms with E-state index in [-0.39, 0.29) is 5.91 Å². The predicted molar refractivity (Wildman–Crippen MR) is 110 cm³/mol. The van der Waals surface area contributed by atoms with Crippen LogP contribution in [0.25, 0.3) is 0 Å². The van der Waals surface area contributed by atoms with Crippen molar-refractivity contribution in [3.63, 3.8) is 0 Å². The largest absolute Gasteiger partial charge is 0.494 e. The molecule has 0 saturated heterocycles. The minimum absolute atomic E-state index is 0.0882. The Hall–Kier alpha value is -2.44. The molecule has 7 heteroatoms. The van der Waals surface area contributed by atoms with Crippen molar-refractivity contribution < 1.29 is 9.53 Å². The third-order valence-corrected chi connectivity index (χ3v) is 5.15. The van der Waals surface area contributed by atoms with Crippen LogP contribution in [0.15, 0.2) is 65.7 Å². The second-order valence-electron chi connectivity index (χ2n) is 5.71. The molecule has 0 aliphatic rings. The molecule has 27 heavy (non-hydrogen) atoms. The van der Waals surface area contributed by atoms with Gasteiger partial charge in [-0.05, 0) is 42.8 Å².